The topological polar surface area (TPSA) is 87.7 Å². The second-order valence-electron chi connectivity index (χ2n) is 8.83. The SMILES string of the molecule is CC1CCN(C(=O)c2ccccc2NC(=S)NC(=O)CCC(=O)OCCCc2ccccc2)CC1. The molecule has 1 saturated heterocycles. The predicted octanol–water partition coefficient (Wildman–Crippen LogP) is 4.33. The molecule has 2 N–H and O–H groups in total. The first-order valence-electron chi connectivity index (χ1n) is 12.1. The molecule has 0 radical (unpaired) electrons. The molecule has 1 fully saturated rings. The number of nitrogens with one attached hydrogen (secondary N) is 2. The van der Waals surface area contributed by atoms with Gasteiger partial charge in [0.2, 0.25) is 5.91 Å². The van der Waals surface area contributed by atoms with Gasteiger partial charge in [-0.3, -0.25) is 14.4 Å². The summed E-state index contributed by atoms with van der Waals surface area (Å²) in [6.07, 6.45) is 3.48. The van der Waals surface area contributed by atoms with E-state index < -0.39 is 11.9 Å². The van der Waals surface area contributed by atoms with Crippen LogP contribution >= 0.6 is 12.2 Å². The maximum atomic E-state index is 13.0. The Hall–Kier alpha value is -3.26. The number of ether oxygens (including phenoxy) is 1. The summed E-state index contributed by atoms with van der Waals surface area (Å²) in [6.45, 7) is 3.98. The van der Waals surface area contributed by atoms with Crippen LogP contribution < -0.4 is 10.6 Å². The molecule has 0 aliphatic carbocycles. The Morgan fingerprint density at radius 2 is 1.69 bits per heavy atom. The lowest BCUT2D eigenvalue weighted by atomic mass is 9.98. The Balaban J connectivity index is 1.39. The van der Waals surface area contributed by atoms with Crippen LogP contribution in [0.15, 0.2) is 54.6 Å². The zero-order valence-corrected chi connectivity index (χ0v) is 20.9. The van der Waals surface area contributed by atoms with Gasteiger partial charge in [0.1, 0.15) is 0 Å². The Morgan fingerprint density at radius 3 is 2.43 bits per heavy atom. The Morgan fingerprint density at radius 1 is 1.00 bits per heavy atom. The zero-order valence-electron chi connectivity index (χ0n) is 20.1. The fourth-order valence-corrected chi connectivity index (χ4v) is 4.12. The molecule has 35 heavy (non-hydrogen) atoms. The lowest BCUT2D eigenvalue weighted by Crippen LogP contribution is -2.39. The maximum absolute atomic E-state index is 13.0. The molecule has 8 heteroatoms. The lowest BCUT2D eigenvalue weighted by molar-refractivity contribution is -0.145. The number of likely N-dealkylation sites (tertiary alicyclic amines) is 1. The molecule has 2 amide bonds. The minimum atomic E-state index is -0.418. The maximum Gasteiger partial charge on any atom is 0.306 e. The highest BCUT2D eigenvalue weighted by atomic mass is 32.1. The van der Waals surface area contributed by atoms with E-state index in [4.69, 9.17) is 17.0 Å². The molecule has 0 saturated carbocycles. The van der Waals surface area contributed by atoms with Crippen molar-refractivity contribution in [3.8, 4) is 0 Å². The largest absolute Gasteiger partial charge is 0.466 e. The number of nitrogens with zero attached hydrogens (tertiary/aromatic N) is 1. The predicted molar refractivity (Wildman–Crippen MR) is 140 cm³/mol. The number of aryl methyl sites for hydroxylation is 1. The van der Waals surface area contributed by atoms with E-state index in [2.05, 4.69) is 17.6 Å². The first-order chi connectivity index (χ1) is 16.9. The van der Waals surface area contributed by atoms with Crippen LogP contribution in [-0.2, 0) is 20.7 Å². The lowest BCUT2D eigenvalue weighted by Gasteiger charge is -2.30. The Bertz CT molecular complexity index is 1020. The van der Waals surface area contributed by atoms with Crippen molar-refractivity contribution in [2.24, 2.45) is 5.92 Å². The van der Waals surface area contributed by atoms with Gasteiger partial charge in [-0.1, -0.05) is 49.4 Å². The summed E-state index contributed by atoms with van der Waals surface area (Å²) >= 11 is 5.26. The van der Waals surface area contributed by atoms with E-state index in [1.54, 1.807) is 24.3 Å². The van der Waals surface area contributed by atoms with Gasteiger partial charge >= 0.3 is 5.97 Å². The Kier molecular flexibility index (Phi) is 10.2. The second-order valence-corrected chi connectivity index (χ2v) is 9.24. The van der Waals surface area contributed by atoms with Crippen LogP contribution in [-0.4, -0.2) is 47.5 Å². The number of hydrogen-bond acceptors (Lipinski definition) is 5. The van der Waals surface area contributed by atoms with Crippen molar-refractivity contribution in [3.05, 3.63) is 65.7 Å². The fourth-order valence-electron chi connectivity index (χ4n) is 3.90. The molecule has 1 aliphatic rings. The fraction of sp³-hybridized carbons (Fsp3) is 0.407. The molecule has 0 bridgehead atoms. The molecule has 0 spiro atoms. The van der Waals surface area contributed by atoms with Gasteiger partial charge in [0, 0.05) is 19.5 Å². The van der Waals surface area contributed by atoms with E-state index in [1.807, 2.05) is 35.2 Å². The average Bonchev–Trinajstić information content (AvgIpc) is 2.86. The summed E-state index contributed by atoms with van der Waals surface area (Å²) in [5.41, 5.74) is 2.25. The summed E-state index contributed by atoms with van der Waals surface area (Å²) in [4.78, 5) is 39.0. The van der Waals surface area contributed by atoms with E-state index in [1.165, 1.54) is 5.56 Å². The molecule has 7 nitrogen and oxygen atoms in total. The van der Waals surface area contributed by atoms with E-state index in [0.717, 1.165) is 38.8 Å². The molecule has 186 valence electrons. The number of amides is 2. The molecule has 2 aromatic carbocycles. The van der Waals surface area contributed by atoms with Gasteiger partial charge in [0.05, 0.1) is 24.3 Å². The van der Waals surface area contributed by atoms with E-state index in [9.17, 15) is 14.4 Å². The van der Waals surface area contributed by atoms with Crippen molar-refractivity contribution in [2.75, 3.05) is 25.0 Å². The number of benzene rings is 2. The molecule has 0 atom stereocenters. The molecular formula is C27H33N3O4S. The van der Waals surface area contributed by atoms with Crippen LogP contribution in [0.3, 0.4) is 0 Å². The van der Waals surface area contributed by atoms with Gasteiger partial charge < -0.3 is 20.3 Å². The molecule has 3 rings (SSSR count). The number of piperidine rings is 1. The third-order valence-electron chi connectivity index (χ3n) is 6.00. The summed E-state index contributed by atoms with van der Waals surface area (Å²) < 4.78 is 5.21. The highest BCUT2D eigenvalue weighted by Gasteiger charge is 2.23. The van der Waals surface area contributed by atoms with Crippen molar-refractivity contribution in [2.45, 2.75) is 45.4 Å². The number of carbonyl (C=O) groups excluding carboxylic acids is 3. The molecular weight excluding hydrogens is 462 g/mol. The standard InChI is InChI=1S/C27H33N3O4S/c1-20-15-17-30(18-16-20)26(33)22-11-5-6-12-23(22)28-27(35)29-24(31)13-14-25(32)34-19-7-10-21-8-3-2-4-9-21/h2-6,8-9,11-12,20H,7,10,13-19H2,1H3,(H2,28,29,31,35). The molecule has 0 unspecified atom stereocenters. The monoisotopic (exact) mass is 495 g/mol. The molecule has 1 aliphatic heterocycles. The van der Waals surface area contributed by atoms with Crippen molar-refractivity contribution >= 4 is 40.8 Å². The van der Waals surface area contributed by atoms with Gasteiger partial charge in [0.25, 0.3) is 5.91 Å². The summed E-state index contributed by atoms with van der Waals surface area (Å²) in [6, 6.07) is 17.1. The normalized spacial score (nSPS) is 13.7. The van der Waals surface area contributed by atoms with Gasteiger partial charge in [0.15, 0.2) is 5.11 Å². The van der Waals surface area contributed by atoms with Gasteiger partial charge in [-0.15, -0.1) is 0 Å². The number of para-hydroxylation sites is 1. The number of hydrogen-bond donors (Lipinski definition) is 2. The minimum Gasteiger partial charge on any atom is -0.466 e. The van der Waals surface area contributed by atoms with Crippen LogP contribution in [0, 0.1) is 5.92 Å². The molecule has 2 aromatic rings. The summed E-state index contributed by atoms with van der Waals surface area (Å²) in [5.74, 6) is -0.234. The highest BCUT2D eigenvalue weighted by molar-refractivity contribution is 7.80. The second kappa shape index (κ2) is 13.6. The summed E-state index contributed by atoms with van der Waals surface area (Å²) in [7, 11) is 0. The van der Waals surface area contributed by atoms with Crippen molar-refractivity contribution in [1.29, 1.82) is 0 Å². The first kappa shape index (κ1) is 26.3. The minimum absolute atomic E-state index is 0.0256. The number of rotatable bonds is 9. The number of esters is 1. The Labute approximate surface area is 212 Å². The number of anilines is 1. The van der Waals surface area contributed by atoms with Gasteiger partial charge in [-0.25, -0.2) is 0 Å². The van der Waals surface area contributed by atoms with Crippen LogP contribution in [0.1, 0.15) is 54.9 Å². The van der Waals surface area contributed by atoms with Crippen LogP contribution in [0.2, 0.25) is 0 Å². The smallest absolute Gasteiger partial charge is 0.306 e. The van der Waals surface area contributed by atoms with Crippen molar-refractivity contribution in [3.63, 3.8) is 0 Å². The number of carbonyl (C=O) groups is 3. The van der Waals surface area contributed by atoms with Gasteiger partial charge in [-0.05, 0) is 61.5 Å². The van der Waals surface area contributed by atoms with E-state index >= 15 is 0 Å². The van der Waals surface area contributed by atoms with E-state index in [-0.39, 0.29) is 23.9 Å². The quantitative estimate of drug-likeness (QED) is 0.306. The zero-order chi connectivity index (χ0) is 25.0. The molecule has 0 aromatic heterocycles. The van der Waals surface area contributed by atoms with Crippen LogP contribution in [0.25, 0.3) is 0 Å². The highest BCUT2D eigenvalue weighted by Crippen LogP contribution is 2.22. The number of thiocarbonyl (C=S) groups is 1. The molecule has 1 heterocycles. The van der Waals surface area contributed by atoms with Crippen LogP contribution in [0.5, 0.6) is 0 Å². The van der Waals surface area contributed by atoms with E-state index in [0.29, 0.717) is 23.8 Å². The third kappa shape index (κ3) is 8.79. The van der Waals surface area contributed by atoms with Gasteiger partial charge in [-0.2, -0.15) is 0 Å². The average molecular weight is 496 g/mol. The first-order valence-corrected chi connectivity index (χ1v) is 12.5. The summed E-state index contributed by atoms with van der Waals surface area (Å²) in [5, 5.41) is 5.61. The van der Waals surface area contributed by atoms with Crippen LogP contribution in [0.4, 0.5) is 5.69 Å². The third-order valence-corrected chi connectivity index (χ3v) is 6.21. The van der Waals surface area contributed by atoms with Crippen molar-refractivity contribution < 1.29 is 19.1 Å². The van der Waals surface area contributed by atoms with Crippen molar-refractivity contribution in [1.82, 2.24) is 10.2 Å².